The van der Waals surface area contributed by atoms with Gasteiger partial charge in [0.1, 0.15) is 6.10 Å². The summed E-state index contributed by atoms with van der Waals surface area (Å²) in [4.78, 5) is 0. The third kappa shape index (κ3) is 6.23. The molecule has 92 valence electrons. The van der Waals surface area contributed by atoms with E-state index in [4.69, 9.17) is 4.52 Å². The van der Waals surface area contributed by atoms with Crippen LogP contribution >= 0.6 is 8.03 Å². The van der Waals surface area contributed by atoms with E-state index in [-0.39, 0.29) is 6.10 Å². The zero-order chi connectivity index (χ0) is 12.0. The second-order valence-corrected chi connectivity index (χ2v) is 4.93. The summed E-state index contributed by atoms with van der Waals surface area (Å²) in [6.45, 7) is 0. The lowest BCUT2D eigenvalue weighted by Gasteiger charge is -2.15. The van der Waals surface area contributed by atoms with Crippen LogP contribution < -0.4 is 0 Å². The molecule has 0 aliphatic heterocycles. The molecule has 0 aromatic heterocycles. The van der Waals surface area contributed by atoms with Crippen LogP contribution in [-0.2, 0) is 9.09 Å². The van der Waals surface area contributed by atoms with Crippen molar-refractivity contribution >= 4 is 8.03 Å². The normalized spacial score (nSPS) is 20.3. The van der Waals surface area contributed by atoms with Crippen molar-refractivity contribution in [2.24, 2.45) is 0 Å². The molecule has 6 heteroatoms. The monoisotopic (exact) mass is 255 g/mol. The third-order valence-corrected chi connectivity index (χ3v) is 3.34. The molecular weight excluding hydrogens is 240 g/mol. The van der Waals surface area contributed by atoms with Crippen LogP contribution in [0.3, 0.4) is 0 Å². The van der Waals surface area contributed by atoms with Gasteiger partial charge in [0, 0.05) is 0 Å². The maximum Gasteiger partial charge on any atom is 0.540 e. The Labute approximate surface area is 93.7 Å². The van der Waals surface area contributed by atoms with Gasteiger partial charge >= 0.3 is 14.2 Å². The highest BCUT2D eigenvalue weighted by Crippen LogP contribution is 2.33. The molecule has 0 N–H and O–H groups in total. The Morgan fingerprint density at radius 2 is 1.88 bits per heavy atom. The molecule has 0 radical (unpaired) electrons. The summed E-state index contributed by atoms with van der Waals surface area (Å²) < 4.78 is 51.8. The first-order valence-corrected chi connectivity index (χ1v) is 6.58. The van der Waals surface area contributed by atoms with Gasteiger partial charge in [-0.05, 0) is 23.5 Å². The molecule has 0 bridgehead atoms. The zero-order valence-electron chi connectivity index (χ0n) is 8.87. The molecule has 0 spiro atoms. The van der Waals surface area contributed by atoms with E-state index in [2.05, 4.69) is 0 Å². The summed E-state index contributed by atoms with van der Waals surface area (Å²) in [5, 5.41) is 0. The van der Waals surface area contributed by atoms with E-state index in [0.717, 1.165) is 44.0 Å². The fourth-order valence-corrected chi connectivity index (χ4v) is 2.48. The lowest BCUT2D eigenvalue weighted by Crippen LogP contribution is -2.12. The first-order chi connectivity index (χ1) is 7.47. The van der Waals surface area contributed by atoms with Crippen LogP contribution in [0.4, 0.5) is 13.2 Å². The van der Waals surface area contributed by atoms with Gasteiger partial charge in [-0.3, -0.25) is 0 Å². The highest BCUT2D eigenvalue weighted by molar-refractivity contribution is 7.42. The Morgan fingerprint density at radius 1 is 1.25 bits per heavy atom. The SMILES string of the molecule is O=[P+](C=CCC(F)(F)F)OC1CCCCC1. The average molecular weight is 255 g/mol. The smallest absolute Gasteiger partial charge is 0.171 e. The van der Waals surface area contributed by atoms with Gasteiger partial charge in [0.05, 0.1) is 6.42 Å². The van der Waals surface area contributed by atoms with Crippen molar-refractivity contribution in [3.63, 3.8) is 0 Å². The molecule has 0 saturated heterocycles. The quantitative estimate of drug-likeness (QED) is 0.689. The number of alkyl halides is 3. The molecule has 0 amide bonds. The van der Waals surface area contributed by atoms with Crippen molar-refractivity contribution in [2.45, 2.75) is 50.8 Å². The largest absolute Gasteiger partial charge is 0.540 e. The van der Waals surface area contributed by atoms with E-state index in [1.54, 1.807) is 0 Å². The molecule has 1 aliphatic carbocycles. The van der Waals surface area contributed by atoms with Crippen LogP contribution in [0.15, 0.2) is 11.9 Å². The van der Waals surface area contributed by atoms with Crippen molar-refractivity contribution in [2.75, 3.05) is 0 Å². The Kier molecular flexibility index (Phi) is 5.42. The molecule has 2 nitrogen and oxygen atoms in total. The molecule has 16 heavy (non-hydrogen) atoms. The number of halogens is 3. The summed E-state index contributed by atoms with van der Waals surface area (Å²) in [5.74, 6) is 1.01. The van der Waals surface area contributed by atoms with Crippen LogP contribution in [0, 0.1) is 0 Å². The van der Waals surface area contributed by atoms with Gasteiger partial charge in [0.2, 0.25) is 0 Å². The van der Waals surface area contributed by atoms with Gasteiger partial charge in [-0.25, -0.2) is 0 Å². The topological polar surface area (TPSA) is 26.3 Å². The third-order valence-electron chi connectivity index (χ3n) is 2.38. The van der Waals surface area contributed by atoms with Gasteiger partial charge in [-0.2, -0.15) is 13.2 Å². The van der Waals surface area contributed by atoms with E-state index in [9.17, 15) is 17.7 Å². The standard InChI is InChI=1S/C10H15F3O2P/c11-10(12,13)7-4-8-16(14)15-9-5-2-1-3-6-9/h4,8-9H,1-3,5-7H2/q+1. The lowest BCUT2D eigenvalue weighted by atomic mass is 9.98. The molecule has 1 aliphatic rings. The number of hydrogen-bond acceptors (Lipinski definition) is 2. The van der Waals surface area contributed by atoms with Crippen LogP contribution in [0.2, 0.25) is 0 Å². The molecule has 0 heterocycles. The maximum atomic E-state index is 11.8. The van der Waals surface area contributed by atoms with Crippen LogP contribution in [-0.4, -0.2) is 12.3 Å². The Morgan fingerprint density at radius 3 is 2.44 bits per heavy atom. The molecule has 0 aromatic carbocycles. The lowest BCUT2D eigenvalue weighted by molar-refractivity contribution is -0.124. The first kappa shape index (κ1) is 13.7. The van der Waals surface area contributed by atoms with Crippen LogP contribution in [0.1, 0.15) is 38.5 Å². The number of rotatable bonds is 4. The van der Waals surface area contributed by atoms with Gasteiger partial charge in [-0.15, -0.1) is 4.52 Å². The Balaban J connectivity index is 2.24. The van der Waals surface area contributed by atoms with E-state index in [1.165, 1.54) is 0 Å². The highest BCUT2D eigenvalue weighted by atomic mass is 31.1. The van der Waals surface area contributed by atoms with Gasteiger partial charge in [0.15, 0.2) is 5.82 Å². The molecule has 1 fully saturated rings. The Hall–Kier alpha value is -0.410. The van der Waals surface area contributed by atoms with E-state index >= 15 is 0 Å². The first-order valence-electron chi connectivity index (χ1n) is 5.34. The van der Waals surface area contributed by atoms with Crippen LogP contribution in [0.5, 0.6) is 0 Å². The van der Waals surface area contributed by atoms with Crippen molar-refractivity contribution < 1.29 is 22.3 Å². The maximum absolute atomic E-state index is 11.8. The highest BCUT2D eigenvalue weighted by Gasteiger charge is 2.27. The van der Waals surface area contributed by atoms with E-state index < -0.39 is 20.6 Å². The molecule has 1 saturated carbocycles. The van der Waals surface area contributed by atoms with Gasteiger partial charge in [-0.1, -0.05) is 19.3 Å². The van der Waals surface area contributed by atoms with Crippen molar-refractivity contribution in [1.29, 1.82) is 0 Å². The van der Waals surface area contributed by atoms with Crippen molar-refractivity contribution in [3.8, 4) is 0 Å². The minimum absolute atomic E-state index is 0.0482. The number of allylic oxidation sites excluding steroid dienone is 1. The summed E-state index contributed by atoms with van der Waals surface area (Å²) in [6, 6.07) is 0. The summed E-state index contributed by atoms with van der Waals surface area (Å²) >= 11 is 0. The predicted molar refractivity (Wildman–Crippen MR) is 55.4 cm³/mol. The predicted octanol–water partition coefficient (Wildman–Crippen LogP) is 4.54. The summed E-state index contributed by atoms with van der Waals surface area (Å²) in [6.07, 6.45) is 0.470. The summed E-state index contributed by atoms with van der Waals surface area (Å²) in [7, 11) is -2.09. The molecule has 1 unspecified atom stereocenters. The molecule has 0 aromatic rings. The number of hydrogen-bond donors (Lipinski definition) is 0. The molecule has 1 atom stereocenters. The minimum Gasteiger partial charge on any atom is -0.171 e. The van der Waals surface area contributed by atoms with Crippen LogP contribution in [0.25, 0.3) is 0 Å². The fraction of sp³-hybridized carbons (Fsp3) is 0.800. The second-order valence-electron chi connectivity index (χ2n) is 3.85. The van der Waals surface area contributed by atoms with Crippen molar-refractivity contribution in [3.05, 3.63) is 11.9 Å². The second kappa shape index (κ2) is 6.36. The van der Waals surface area contributed by atoms with Gasteiger partial charge < -0.3 is 0 Å². The van der Waals surface area contributed by atoms with E-state index in [0.29, 0.717) is 0 Å². The Bertz CT molecular complexity index is 257. The average Bonchev–Trinajstić information content (AvgIpc) is 2.17. The zero-order valence-corrected chi connectivity index (χ0v) is 9.77. The summed E-state index contributed by atoms with van der Waals surface area (Å²) in [5.41, 5.74) is 0. The molecular formula is C10H15F3O2P+. The van der Waals surface area contributed by atoms with Crippen molar-refractivity contribution in [1.82, 2.24) is 0 Å². The molecule has 1 rings (SSSR count). The fourth-order valence-electron chi connectivity index (χ4n) is 1.63. The van der Waals surface area contributed by atoms with Gasteiger partial charge in [0.25, 0.3) is 0 Å². The minimum atomic E-state index is -4.24. The van der Waals surface area contributed by atoms with E-state index in [1.807, 2.05) is 0 Å².